The van der Waals surface area contributed by atoms with Crippen molar-refractivity contribution in [2.24, 2.45) is 5.92 Å². The number of hydrogen-bond acceptors (Lipinski definition) is 4. The summed E-state index contributed by atoms with van der Waals surface area (Å²) < 4.78 is 68.2. The summed E-state index contributed by atoms with van der Waals surface area (Å²) in [5, 5.41) is 0. The Morgan fingerprint density at radius 1 is 1.10 bits per heavy atom. The highest BCUT2D eigenvalue weighted by Crippen LogP contribution is 2.32. The summed E-state index contributed by atoms with van der Waals surface area (Å²) in [7, 11) is -4.01. The quantitative estimate of drug-likeness (QED) is 0.655. The van der Waals surface area contributed by atoms with Gasteiger partial charge in [0.15, 0.2) is 0 Å². The van der Waals surface area contributed by atoms with Crippen molar-refractivity contribution in [3.05, 3.63) is 48.0 Å². The fraction of sp³-hybridized carbons (Fsp3) is 0.381. The van der Waals surface area contributed by atoms with E-state index in [0.29, 0.717) is 31.0 Å². The van der Waals surface area contributed by atoms with Crippen LogP contribution in [0.1, 0.15) is 32.3 Å². The molecule has 0 spiro atoms. The molecule has 6 nitrogen and oxygen atoms in total. The second-order valence-electron chi connectivity index (χ2n) is 7.70. The molecule has 31 heavy (non-hydrogen) atoms. The van der Waals surface area contributed by atoms with E-state index in [1.165, 1.54) is 0 Å². The summed E-state index contributed by atoms with van der Waals surface area (Å²) in [5.74, 6) is -0.0220. The molecule has 168 valence electrons. The molecule has 0 atom stereocenters. The van der Waals surface area contributed by atoms with Gasteiger partial charge >= 0.3 is 6.36 Å². The van der Waals surface area contributed by atoms with Crippen LogP contribution >= 0.6 is 0 Å². The molecule has 1 amide bonds. The number of carbonyl (C=O) groups is 1. The molecule has 2 aromatic carbocycles. The third-order valence-electron chi connectivity index (χ3n) is 4.83. The van der Waals surface area contributed by atoms with Crippen LogP contribution in [0.15, 0.2) is 47.4 Å². The maximum atomic E-state index is 12.6. The number of nitrogens with zero attached hydrogens (tertiary/aromatic N) is 1. The minimum atomic E-state index is -4.85. The summed E-state index contributed by atoms with van der Waals surface area (Å²) in [5.41, 5.74) is 1.94. The van der Waals surface area contributed by atoms with E-state index < -0.39 is 22.1 Å². The fourth-order valence-electron chi connectivity index (χ4n) is 3.29. The molecule has 0 saturated carbocycles. The van der Waals surface area contributed by atoms with E-state index in [4.69, 9.17) is 0 Å². The number of sulfonamides is 1. The molecule has 0 saturated heterocycles. The number of hydrogen-bond donors (Lipinski definition) is 1. The number of benzene rings is 2. The Morgan fingerprint density at radius 2 is 1.77 bits per heavy atom. The second kappa shape index (κ2) is 8.78. The first-order valence-electron chi connectivity index (χ1n) is 9.76. The van der Waals surface area contributed by atoms with Crippen LogP contribution in [0, 0.1) is 5.92 Å². The lowest BCUT2D eigenvalue weighted by Gasteiger charge is -2.30. The van der Waals surface area contributed by atoms with E-state index in [9.17, 15) is 26.4 Å². The first-order valence-corrected chi connectivity index (χ1v) is 11.2. The molecule has 0 bridgehead atoms. The van der Waals surface area contributed by atoms with Crippen LogP contribution < -0.4 is 14.4 Å². The molecule has 1 aliphatic heterocycles. The lowest BCUT2D eigenvalue weighted by molar-refractivity contribution is -0.274. The highest BCUT2D eigenvalue weighted by atomic mass is 32.2. The van der Waals surface area contributed by atoms with Gasteiger partial charge in [0.2, 0.25) is 5.91 Å². The van der Waals surface area contributed by atoms with Crippen molar-refractivity contribution in [2.75, 3.05) is 16.2 Å². The highest BCUT2D eigenvalue weighted by molar-refractivity contribution is 7.92. The van der Waals surface area contributed by atoms with E-state index in [1.54, 1.807) is 23.1 Å². The summed E-state index contributed by atoms with van der Waals surface area (Å²) in [6.45, 7) is 4.75. The third kappa shape index (κ3) is 5.90. The third-order valence-corrected chi connectivity index (χ3v) is 6.23. The van der Waals surface area contributed by atoms with Gasteiger partial charge in [-0.15, -0.1) is 13.2 Å². The molecular formula is C21H23F3N2O4S. The number of anilines is 2. The Hall–Kier alpha value is -2.75. The van der Waals surface area contributed by atoms with Crippen molar-refractivity contribution in [3.63, 3.8) is 0 Å². The van der Waals surface area contributed by atoms with Crippen molar-refractivity contribution in [2.45, 2.75) is 44.4 Å². The summed E-state index contributed by atoms with van der Waals surface area (Å²) in [6, 6.07) is 8.91. The van der Waals surface area contributed by atoms with Crippen molar-refractivity contribution >= 4 is 27.3 Å². The van der Waals surface area contributed by atoms with Crippen LogP contribution in [-0.2, 0) is 21.2 Å². The lowest BCUT2D eigenvalue weighted by Crippen LogP contribution is -2.36. The monoisotopic (exact) mass is 456 g/mol. The lowest BCUT2D eigenvalue weighted by atomic mass is 9.99. The van der Waals surface area contributed by atoms with Gasteiger partial charge in [-0.3, -0.25) is 9.52 Å². The first kappa shape index (κ1) is 22.9. The molecule has 0 aliphatic carbocycles. The van der Waals surface area contributed by atoms with Gasteiger partial charge in [-0.05, 0) is 66.8 Å². The molecule has 10 heteroatoms. The number of rotatable bonds is 7. The number of aryl methyl sites for hydroxylation is 1. The minimum absolute atomic E-state index is 0.0441. The van der Waals surface area contributed by atoms with Gasteiger partial charge in [-0.25, -0.2) is 8.42 Å². The van der Waals surface area contributed by atoms with Gasteiger partial charge in [0.1, 0.15) is 5.75 Å². The molecule has 0 unspecified atom stereocenters. The standard InChI is InChI=1S/C21H23F3N2O4S/c1-14(2)11-12-26-19-9-4-16(13-15(19)3-10-20(26)27)25-31(28,29)18-7-5-17(6-8-18)30-21(22,23)24/h4-9,13-14,25H,3,10-12H2,1-2H3. The maximum Gasteiger partial charge on any atom is 0.573 e. The van der Waals surface area contributed by atoms with Crippen LogP contribution in [0.5, 0.6) is 5.75 Å². The van der Waals surface area contributed by atoms with Crippen molar-refractivity contribution in [1.82, 2.24) is 0 Å². The number of alkyl halides is 3. The van der Waals surface area contributed by atoms with Crippen LogP contribution in [-0.4, -0.2) is 27.2 Å². The van der Waals surface area contributed by atoms with Crippen LogP contribution in [0.25, 0.3) is 0 Å². The molecular weight excluding hydrogens is 433 g/mol. The van der Waals surface area contributed by atoms with Gasteiger partial charge < -0.3 is 9.64 Å². The number of carbonyl (C=O) groups excluding carboxylic acids is 1. The SMILES string of the molecule is CC(C)CCN1C(=O)CCc2cc(NS(=O)(=O)c3ccc(OC(F)(F)F)cc3)ccc21. The maximum absolute atomic E-state index is 12.6. The predicted molar refractivity (Wildman–Crippen MR) is 111 cm³/mol. The topological polar surface area (TPSA) is 75.7 Å². The van der Waals surface area contributed by atoms with Gasteiger partial charge in [0.25, 0.3) is 10.0 Å². The number of halogens is 3. The molecule has 1 aliphatic rings. The van der Waals surface area contributed by atoms with Gasteiger partial charge in [0.05, 0.1) is 4.90 Å². The fourth-order valence-corrected chi connectivity index (χ4v) is 4.34. The molecule has 0 radical (unpaired) electrons. The smallest absolute Gasteiger partial charge is 0.406 e. The number of nitrogens with one attached hydrogen (secondary N) is 1. The zero-order chi connectivity index (χ0) is 22.8. The molecule has 2 aromatic rings. The zero-order valence-electron chi connectivity index (χ0n) is 17.1. The largest absolute Gasteiger partial charge is 0.573 e. The van der Waals surface area contributed by atoms with Crippen molar-refractivity contribution in [3.8, 4) is 5.75 Å². The average Bonchev–Trinajstić information content (AvgIpc) is 2.66. The molecule has 3 rings (SSSR count). The molecule has 1 heterocycles. The molecule has 1 N–H and O–H groups in total. The Balaban J connectivity index is 1.77. The van der Waals surface area contributed by atoms with Crippen LogP contribution in [0.2, 0.25) is 0 Å². The molecule has 0 fully saturated rings. The van der Waals surface area contributed by atoms with E-state index in [-0.39, 0.29) is 10.8 Å². The minimum Gasteiger partial charge on any atom is -0.406 e. The van der Waals surface area contributed by atoms with E-state index in [2.05, 4.69) is 23.3 Å². The van der Waals surface area contributed by atoms with Crippen molar-refractivity contribution < 1.29 is 31.1 Å². The Morgan fingerprint density at radius 3 is 2.39 bits per heavy atom. The van der Waals surface area contributed by atoms with Gasteiger partial charge in [-0.2, -0.15) is 0 Å². The predicted octanol–water partition coefficient (Wildman–Crippen LogP) is 4.71. The van der Waals surface area contributed by atoms with E-state index >= 15 is 0 Å². The summed E-state index contributed by atoms with van der Waals surface area (Å²) >= 11 is 0. The van der Waals surface area contributed by atoms with E-state index in [1.807, 2.05) is 0 Å². The van der Waals surface area contributed by atoms with Gasteiger partial charge in [0, 0.05) is 24.3 Å². The summed E-state index contributed by atoms with van der Waals surface area (Å²) in [6.07, 6.45) is -3.15. The Kier molecular flexibility index (Phi) is 6.49. The van der Waals surface area contributed by atoms with E-state index in [0.717, 1.165) is 41.9 Å². The normalized spacial score (nSPS) is 14.5. The first-order chi connectivity index (χ1) is 14.4. The second-order valence-corrected chi connectivity index (χ2v) is 9.38. The summed E-state index contributed by atoms with van der Waals surface area (Å²) in [4.78, 5) is 13.8. The number of fused-ring (bicyclic) bond motifs is 1. The molecule has 0 aromatic heterocycles. The average molecular weight is 456 g/mol. The number of amides is 1. The Bertz CT molecular complexity index is 1050. The van der Waals surface area contributed by atoms with Crippen LogP contribution in [0.4, 0.5) is 24.5 Å². The highest BCUT2D eigenvalue weighted by Gasteiger charge is 2.31. The van der Waals surface area contributed by atoms with Crippen LogP contribution in [0.3, 0.4) is 0 Å². The zero-order valence-corrected chi connectivity index (χ0v) is 17.9. The number of ether oxygens (including phenoxy) is 1. The van der Waals surface area contributed by atoms with Crippen molar-refractivity contribution in [1.29, 1.82) is 0 Å². The van der Waals surface area contributed by atoms with Gasteiger partial charge in [-0.1, -0.05) is 13.8 Å². The Labute approximate surface area is 179 Å².